The first-order valence-corrected chi connectivity index (χ1v) is 11.3. The number of pyridine rings is 1. The van der Waals surface area contributed by atoms with Crippen LogP contribution in [0.3, 0.4) is 0 Å². The summed E-state index contributed by atoms with van der Waals surface area (Å²) in [6.07, 6.45) is 6.64. The highest BCUT2D eigenvalue weighted by Crippen LogP contribution is 2.39. The summed E-state index contributed by atoms with van der Waals surface area (Å²) in [5.41, 5.74) is 7.18. The van der Waals surface area contributed by atoms with Crippen LogP contribution in [0.25, 0.3) is 22.6 Å². The monoisotopic (exact) mass is 436 g/mol. The molecule has 4 aromatic rings. The van der Waals surface area contributed by atoms with Crippen LogP contribution in [0.1, 0.15) is 40.2 Å². The second kappa shape index (κ2) is 7.59. The summed E-state index contributed by atoms with van der Waals surface area (Å²) in [4.78, 5) is 18.3. The lowest BCUT2D eigenvalue weighted by atomic mass is 10.0. The number of aromatic nitrogens is 3. The van der Waals surface area contributed by atoms with E-state index in [0.717, 1.165) is 51.3 Å². The molecule has 1 fully saturated rings. The van der Waals surface area contributed by atoms with E-state index in [1.165, 1.54) is 12.8 Å². The lowest BCUT2D eigenvalue weighted by Gasteiger charge is -2.19. The first kappa shape index (κ1) is 19.7. The van der Waals surface area contributed by atoms with Crippen LogP contribution in [0.15, 0.2) is 60.8 Å². The van der Waals surface area contributed by atoms with Crippen LogP contribution in [0.4, 0.5) is 11.4 Å². The number of aromatic carboxylic acids is 1. The molecule has 2 heterocycles. The number of rotatable bonds is 6. The minimum Gasteiger partial charge on any atom is -0.478 e. The van der Waals surface area contributed by atoms with Crippen molar-refractivity contribution in [1.29, 1.82) is 0 Å². The molecule has 2 aliphatic rings. The van der Waals surface area contributed by atoms with Crippen molar-refractivity contribution < 1.29 is 9.90 Å². The van der Waals surface area contributed by atoms with Gasteiger partial charge in [-0.2, -0.15) is 5.10 Å². The van der Waals surface area contributed by atoms with E-state index in [2.05, 4.69) is 51.9 Å². The van der Waals surface area contributed by atoms with Gasteiger partial charge >= 0.3 is 5.97 Å². The van der Waals surface area contributed by atoms with Gasteiger partial charge in [-0.15, -0.1) is 0 Å². The molecule has 164 valence electrons. The van der Waals surface area contributed by atoms with Crippen molar-refractivity contribution in [1.82, 2.24) is 14.8 Å². The Labute approximate surface area is 191 Å². The predicted octanol–water partition coefficient (Wildman–Crippen LogP) is 5.40. The largest absolute Gasteiger partial charge is 0.478 e. The lowest BCUT2D eigenvalue weighted by Crippen LogP contribution is -2.08. The minimum atomic E-state index is -0.909. The zero-order valence-corrected chi connectivity index (χ0v) is 18.4. The molecule has 0 saturated heterocycles. The van der Waals surface area contributed by atoms with E-state index >= 15 is 0 Å². The molecule has 1 saturated carbocycles. The first-order chi connectivity index (χ1) is 16.1. The zero-order chi connectivity index (χ0) is 22.5. The normalized spacial score (nSPS) is 14.9. The SMILES string of the molecule is CN(c1ccccc1)c1ccc2c(C3=Cc4nccc(C(=O)O)c4C3)n(CC3CC3)nc2c1. The first-order valence-electron chi connectivity index (χ1n) is 11.3. The van der Waals surface area contributed by atoms with Gasteiger partial charge in [0, 0.05) is 43.0 Å². The summed E-state index contributed by atoms with van der Waals surface area (Å²) in [6, 6.07) is 18.3. The van der Waals surface area contributed by atoms with Gasteiger partial charge in [0.2, 0.25) is 0 Å². The number of benzene rings is 2. The average Bonchev–Trinajstić information content (AvgIpc) is 3.42. The van der Waals surface area contributed by atoms with Crippen molar-refractivity contribution in [2.24, 2.45) is 5.92 Å². The Morgan fingerprint density at radius 2 is 1.94 bits per heavy atom. The Balaban J connectivity index is 1.43. The van der Waals surface area contributed by atoms with Crippen molar-refractivity contribution in [2.75, 3.05) is 11.9 Å². The number of anilines is 2. The predicted molar refractivity (Wildman–Crippen MR) is 130 cm³/mol. The molecule has 0 unspecified atom stereocenters. The van der Waals surface area contributed by atoms with E-state index in [4.69, 9.17) is 5.10 Å². The van der Waals surface area contributed by atoms with E-state index < -0.39 is 5.97 Å². The number of hydrogen-bond acceptors (Lipinski definition) is 4. The highest BCUT2D eigenvalue weighted by Gasteiger charge is 2.28. The van der Waals surface area contributed by atoms with Crippen molar-refractivity contribution in [3.8, 4) is 0 Å². The summed E-state index contributed by atoms with van der Waals surface area (Å²) < 4.78 is 2.13. The Morgan fingerprint density at radius 3 is 2.70 bits per heavy atom. The van der Waals surface area contributed by atoms with Crippen LogP contribution in [0, 0.1) is 5.92 Å². The Kier molecular flexibility index (Phi) is 4.54. The van der Waals surface area contributed by atoms with Gasteiger partial charge in [-0.1, -0.05) is 18.2 Å². The van der Waals surface area contributed by atoms with Gasteiger partial charge in [-0.3, -0.25) is 9.67 Å². The van der Waals surface area contributed by atoms with Gasteiger partial charge in [-0.05, 0) is 72.4 Å². The van der Waals surface area contributed by atoms with E-state index in [-0.39, 0.29) is 0 Å². The quantitative estimate of drug-likeness (QED) is 0.438. The number of fused-ring (bicyclic) bond motifs is 2. The molecule has 2 aliphatic carbocycles. The fourth-order valence-corrected chi connectivity index (χ4v) is 4.72. The summed E-state index contributed by atoms with van der Waals surface area (Å²) in [5.74, 6) is -0.241. The minimum absolute atomic E-state index is 0.329. The van der Waals surface area contributed by atoms with E-state index in [1.807, 2.05) is 24.3 Å². The van der Waals surface area contributed by atoms with Gasteiger partial charge in [0.25, 0.3) is 0 Å². The topological polar surface area (TPSA) is 71.2 Å². The van der Waals surface area contributed by atoms with Gasteiger partial charge in [0.05, 0.1) is 22.5 Å². The van der Waals surface area contributed by atoms with Crippen LogP contribution in [-0.4, -0.2) is 32.9 Å². The third-order valence-corrected chi connectivity index (χ3v) is 6.68. The highest BCUT2D eigenvalue weighted by atomic mass is 16.4. The number of allylic oxidation sites excluding steroid dienone is 1. The molecule has 0 aliphatic heterocycles. The number of hydrogen-bond donors (Lipinski definition) is 1. The van der Waals surface area contributed by atoms with Gasteiger partial charge < -0.3 is 10.0 Å². The van der Waals surface area contributed by atoms with Gasteiger partial charge in [0.1, 0.15) is 0 Å². The van der Waals surface area contributed by atoms with Crippen LogP contribution in [-0.2, 0) is 13.0 Å². The van der Waals surface area contributed by atoms with E-state index in [0.29, 0.717) is 17.9 Å². The van der Waals surface area contributed by atoms with Gasteiger partial charge in [0.15, 0.2) is 0 Å². The molecular weight excluding hydrogens is 412 g/mol. The Hall–Kier alpha value is -3.93. The summed E-state index contributed by atoms with van der Waals surface area (Å²) in [7, 11) is 2.06. The average molecular weight is 437 g/mol. The Bertz CT molecular complexity index is 1420. The number of carboxylic acids is 1. The molecule has 1 N–H and O–H groups in total. The van der Waals surface area contributed by atoms with Gasteiger partial charge in [-0.25, -0.2) is 4.79 Å². The molecule has 2 aromatic carbocycles. The molecule has 2 aromatic heterocycles. The highest BCUT2D eigenvalue weighted by molar-refractivity contribution is 6.01. The maximum atomic E-state index is 11.7. The van der Waals surface area contributed by atoms with Crippen molar-refractivity contribution in [3.05, 3.63) is 83.3 Å². The van der Waals surface area contributed by atoms with Crippen LogP contribution in [0.2, 0.25) is 0 Å². The van der Waals surface area contributed by atoms with E-state index in [9.17, 15) is 9.90 Å². The number of nitrogens with zero attached hydrogens (tertiary/aromatic N) is 4. The van der Waals surface area contributed by atoms with Crippen LogP contribution >= 0.6 is 0 Å². The molecule has 6 rings (SSSR count). The molecule has 6 nitrogen and oxygen atoms in total. The number of carboxylic acid groups (broad SMARTS) is 1. The standard InChI is InChI=1S/C27H24N4O2/c1-30(19-5-3-2-4-6-19)20-9-10-22-25(15-20)29-31(16-17-7-8-17)26(22)18-13-23-21(27(32)33)11-12-28-24(23)14-18/h2-6,9-12,14-15,17H,7-8,13,16H2,1H3,(H,32,33). The molecule has 0 amide bonds. The number of carbonyl (C=O) groups is 1. The van der Waals surface area contributed by atoms with E-state index in [1.54, 1.807) is 12.3 Å². The second-order valence-corrected chi connectivity index (χ2v) is 8.94. The molecule has 0 radical (unpaired) electrons. The maximum Gasteiger partial charge on any atom is 0.336 e. The molecule has 33 heavy (non-hydrogen) atoms. The fraction of sp³-hybridized carbons (Fsp3) is 0.222. The summed E-state index contributed by atoms with van der Waals surface area (Å²) in [5, 5.41) is 15.7. The van der Waals surface area contributed by atoms with Crippen LogP contribution in [0.5, 0.6) is 0 Å². The zero-order valence-electron chi connectivity index (χ0n) is 18.4. The molecular formula is C27H24N4O2. The third kappa shape index (κ3) is 3.48. The summed E-state index contributed by atoms with van der Waals surface area (Å²) >= 11 is 0. The second-order valence-electron chi connectivity index (χ2n) is 8.94. The third-order valence-electron chi connectivity index (χ3n) is 6.68. The fourth-order valence-electron chi connectivity index (χ4n) is 4.72. The molecule has 0 atom stereocenters. The smallest absolute Gasteiger partial charge is 0.336 e. The van der Waals surface area contributed by atoms with Crippen molar-refractivity contribution in [3.63, 3.8) is 0 Å². The summed E-state index contributed by atoms with van der Waals surface area (Å²) in [6.45, 7) is 0.890. The van der Waals surface area contributed by atoms with Crippen molar-refractivity contribution >= 4 is 39.9 Å². The Morgan fingerprint density at radius 1 is 1.12 bits per heavy atom. The maximum absolute atomic E-state index is 11.7. The van der Waals surface area contributed by atoms with Crippen LogP contribution < -0.4 is 4.90 Å². The van der Waals surface area contributed by atoms with Crippen molar-refractivity contribution in [2.45, 2.75) is 25.8 Å². The molecule has 0 spiro atoms. The number of para-hydroxylation sites is 1. The molecule has 6 heteroatoms. The lowest BCUT2D eigenvalue weighted by molar-refractivity contribution is 0.0695. The molecule has 0 bridgehead atoms.